The number of rotatable bonds is 12. The van der Waals surface area contributed by atoms with Crippen molar-refractivity contribution in [3.05, 3.63) is 117 Å². The Bertz CT molecular complexity index is 1800. The maximum Gasteiger partial charge on any atom is 0.399 e. The topological polar surface area (TPSA) is 96.3 Å². The van der Waals surface area contributed by atoms with Crippen molar-refractivity contribution in [2.45, 2.75) is 37.5 Å². The van der Waals surface area contributed by atoms with E-state index >= 15 is 0 Å². The van der Waals surface area contributed by atoms with E-state index in [2.05, 4.69) is 4.31 Å². The highest BCUT2D eigenvalue weighted by Crippen LogP contribution is 2.60. The number of ether oxygens (including phenoxy) is 2. The van der Waals surface area contributed by atoms with E-state index in [0.717, 1.165) is 27.7 Å². The summed E-state index contributed by atoms with van der Waals surface area (Å²) in [7, 11) is -4.85. The fourth-order valence-electron chi connectivity index (χ4n) is 4.74. The summed E-state index contributed by atoms with van der Waals surface area (Å²) in [5, 5.41) is 1.87. The van der Waals surface area contributed by atoms with Gasteiger partial charge < -0.3 is 19.3 Å². The summed E-state index contributed by atoms with van der Waals surface area (Å²) in [4.78, 5) is 31.7. The molecular weight excluding hydrogens is 678 g/mol. The number of carbonyl (C=O) groups is 1. The summed E-state index contributed by atoms with van der Waals surface area (Å²) in [6, 6.07) is 24.2. The molecule has 4 aromatic rings. The number of benzene rings is 4. The van der Waals surface area contributed by atoms with Gasteiger partial charge in [0.15, 0.2) is 0 Å². The summed E-state index contributed by atoms with van der Waals surface area (Å²) < 4.78 is 53.3. The third kappa shape index (κ3) is 8.06. The van der Waals surface area contributed by atoms with Gasteiger partial charge in [-0.25, -0.2) is 9.10 Å². The van der Waals surface area contributed by atoms with Gasteiger partial charge in [-0.1, -0.05) is 88.5 Å². The number of alkyl halides is 2. The quantitative estimate of drug-likeness (QED) is 0.0860. The average molecular weight is 711 g/mol. The summed E-state index contributed by atoms with van der Waals surface area (Å²) in [6.45, 7) is 4.56. The molecule has 13 heteroatoms. The van der Waals surface area contributed by atoms with Crippen LogP contribution in [0.5, 0.6) is 5.75 Å². The molecule has 0 saturated carbocycles. The Labute approximate surface area is 278 Å². The molecule has 0 heterocycles. The van der Waals surface area contributed by atoms with Crippen LogP contribution in [-0.2, 0) is 28.1 Å². The molecule has 4 aromatic carbocycles. The summed E-state index contributed by atoms with van der Waals surface area (Å²) >= 11 is 12.4. The van der Waals surface area contributed by atoms with Crippen molar-refractivity contribution in [3.63, 3.8) is 0 Å². The molecule has 244 valence electrons. The van der Waals surface area contributed by atoms with E-state index in [1.165, 1.54) is 12.1 Å². The summed E-state index contributed by atoms with van der Waals surface area (Å²) in [5.74, 6) is 0.179. The highest BCUT2D eigenvalue weighted by atomic mass is 35.5. The molecule has 0 aliphatic heterocycles. The zero-order valence-corrected chi connectivity index (χ0v) is 28.3. The van der Waals surface area contributed by atoms with Crippen LogP contribution >= 0.6 is 41.5 Å². The monoisotopic (exact) mass is 709 g/mol. The molecule has 0 aliphatic rings. The Hall–Kier alpha value is -3.08. The smallest absolute Gasteiger partial charge is 0.399 e. The van der Waals surface area contributed by atoms with Gasteiger partial charge in [0.25, 0.3) is 0 Å². The second-order valence-electron chi connectivity index (χ2n) is 10.0. The van der Waals surface area contributed by atoms with Crippen LogP contribution < -0.4 is 4.74 Å². The fraction of sp³-hybridized carbons (Fsp3) is 0.212. The van der Waals surface area contributed by atoms with Gasteiger partial charge in [0, 0.05) is 13.1 Å². The largest absolute Gasteiger partial charge is 0.496 e. The van der Waals surface area contributed by atoms with Crippen molar-refractivity contribution >= 4 is 52.8 Å². The second-order valence-corrected chi connectivity index (χ2v) is 14.5. The minimum Gasteiger partial charge on any atom is -0.496 e. The summed E-state index contributed by atoms with van der Waals surface area (Å²) in [6.07, 6.45) is 0. The van der Waals surface area contributed by atoms with Crippen molar-refractivity contribution in [1.29, 1.82) is 0 Å². The van der Waals surface area contributed by atoms with E-state index in [0.29, 0.717) is 22.9 Å². The van der Waals surface area contributed by atoms with E-state index in [1.54, 1.807) is 26.2 Å². The molecule has 0 radical (unpaired) electrons. The van der Waals surface area contributed by atoms with Gasteiger partial charge in [-0.15, -0.1) is 0 Å². The maximum atomic E-state index is 14.5. The van der Waals surface area contributed by atoms with Crippen LogP contribution in [-0.4, -0.2) is 39.1 Å². The zero-order chi connectivity index (χ0) is 33.6. The molecule has 0 amide bonds. The molecule has 0 bridgehead atoms. The number of para-hydroxylation sites is 1. The Balaban J connectivity index is 1.69. The third-order valence-corrected chi connectivity index (χ3v) is 10.6. The molecule has 1 atom stereocenters. The number of hydrogen-bond donors (Lipinski definition) is 2. The number of carbonyl (C=O) groups excluding carboxylic acids is 1. The van der Waals surface area contributed by atoms with Gasteiger partial charge in [0.05, 0.1) is 39.8 Å². The second kappa shape index (κ2) is 15.2. The van der Waals surface area contributed by atoms with Gasteiger partial charge in [-0.05, 0) is 71.8 Å². The van der Waals surface area contributed by atoms with Gasteiger partial charge in [0.2, 0.25) is 0 Å². The molecule has 0 aromatic heterocycles. The third-order valence-electron chi connectivity index (χ3n) is 6.99. The van der Waals surface area contributed by atoms with E-state index in [9.17, 15) is 27.9 Å². The van der Waals surface area contributed by atoms with Crippen LogP contribution in [0, 0.1) is 0 Å². The van der Waals surface area contributed by atoms with Crippen LogP contribution in [0.1, 0.15) is 40.9 Å². The lowest BCUT2D eigenvalue weighted by Gasteiger charge is -2.28. The minimum atomic E-state index is -5.79. The normalized spacial score (nSPS) is 12.7. The summed E-state index contributed by atoms with van der Waals surface area (Å²) in [5.41, 5.74) is -1.94. The number of esters is 1. The first-order valence-electron chi connectivity index (χ1n) is 14.0. The molecule has 0 fully saturated rings. The Morgan fingerprint density at radius 1 is 0.935 bits per heavy atom. The maximum absolute atomic E-state index is 14.5. The molecule has 0 saturated heterocycles. The Morgan fingerprint density at radius 2 is 1.57 bits per heavy atom. The first-order valence-corrected chi connectivity index (χ1v) is 17.6. The molecule has 4 rings (SSSR count). The fourth-order valence-corrected chi connectivity index (χ4v) is 7.81. The zero-order valence-electron chi connectivity index (χ0n) is 25.1. The lowest BCUT2D eigenvalue weighted by atomic mass is 10.0. The van der Waals surface area contributed by atoms with Gasteiger partial charge in [-0.2, -0.15) is 8.78 Å². The highest BCUT2D eigenvalue weighted by Gasteiger charge is 2.51. The minimum absolute atomic E-state index is 0.229. The van der Waals surface area contributed by atoms with Gasteiger partial charge in [-0.3, -0.25) is 4.57 Å². The van der Waals surface area contributed by atoms with E-state index in [-0.39, 0.29) is 18.7 Å². The average Bonchev–Trinajstić information content (AvgIpc) is 3.01. The van der Waals surface area contributed by atoms with Crippen LogP contribution in [0.3, 0.4) is 0 Å². The first kappa shape index (κ1) is 35.8. The lowest BCUT2D eigenvalue weighted by molar-refractivity contribution is 0.0526. The Morgan fingerprint density at radius 3 is 2.17 bits per heavy atom. The van der Waals surface area contributed by atoms with Crippen LogP contribution in [0.4, 0.5) is 8.78 Å². The van der Waals surface area contributed by atoms with E-state index < -0.39 is 40.5 Å². The molecule has 0 aliphatic carbocycles. The van der Waals surface area contributed by atoms with Crippen molar-refractivity contribution < 1.29 is 37.4 Å². The number of halogens is 4. The number of methoxy groups -OCH3 is 1. The van der Waals surface area contributed by atoms with Crippen LogP contribution in [0.2, 0.25) is 10.0 Å². The Kier molecular flexibility index (Phi) is 11.8. The molecule has 2 N–H and O–H groups in total. The predicted molar refractivity (Wildman–Crippen MR) is 180 cm³/mol. The number of nitrogens with zero attached hydrogens (tertiary/aromatic N) is 1. The lowest BCUT2D eigenvalue weighted by Crippen LogP contribution is -2.19. The van der Waals surface area contributed by atoms with E-state index in [4.69, 9.17) is 32.7 Å². The van der Waals surface area contributed by atoms with Gasteiger partial charge >= 0.3 is 19.2 Å². The van der Waals surface area contributed by atoms with Crippen molar-refractivity contribution in [2.75, 3.05) is 13.7 Å². The van der Waals surface area contributed by atoms with E-state index in [1.807, 2.05) is 66.9 Å². The molecular formula is C33H32Cl2F2NO6PS. The highest BCUT2D eigenvalue weighted by molar-refractivity contribution is 8.13. The predicted octanol–water partition coefficient (Wildman–Crippen LogP) is 9.14. The van der Waals surface area contributed by atoms with Gasteiger partial charge in [0.1, 0.15) is 5.75 Å². The molecule has 1 unspecified atom stereocenters. The number of hydrogen-bond acceptors (Lipinski definition) is 5. The van der Waals surface area contributed by atoms with Crippen LogP contribution in [0.25, 0.3) is 11.1 Å². The molecule has 7 nitrogen and oxygen atoms in total. The first-order chi connectivity index (χ1) is 21.8. The SMILES string of the molecule is C/C=S(\c1ccccc1OC)N(Cc1ccc(-c2ccc(Cl)c(C(=O)OCC)c2)cc1)Cc1ccc(C(F)(F)P(=O)(O)O)c(Cl)c1. The van der Waals surface area contributed by atoms with Crippen molar-refractivity contribution in [1.82, 2.24) is 4.31 Å². The van der Waals surface area contributed by atoms with Crippen molar-refractivity contribution in [3.8, 4) is 16.9 Å². The van der Waals surface area contributed by atoms with Crippen LogP contribution in [0.15, 0.2) is 89.8 Å². The standard InChI is InChI=1S/C33H32Cl2F2NO6PS/c1-4-44-32(39)26-19-25(15-17-28(26)34)24-13-10-22(11-14-24)20-38(46(5-2)31-9-7-6-8-30(31)43-3)21-23-12-16-27(29(35)18-23)33(36,37)45(40,41)42/h5-19H,4,20-21H2,1-3H3,(H2,40,41,42). The molecule has 46 heavy (non-hydrogen) atoms. The van der Waals surface area contributed by atoms with Crippen molar-refractivity contribution in [2.24, 2.45) is 0 Å². The molecule has 0 spiro atoms.